The van der Waals surface area contributed by atoms with Gasteiger partial charge in [0.15, 0.2) is 14.8 Å². The molecular weight excluding hydrogens is 447 g/mol. The Morgan fingerprint density at radius 2 is 1.62 bits per heavy atom. The second-order valence-corrected chi connectivity index (χ2v) is 10.3. The van der Waals surface area contributed by atoms with Crippen molar-refractivity contribution in [2.45, 2.75) is 11.8 Å². The maximum atomic E-state index is 13.5. The van der Waals surface area contributed by atoms with Crippen LogP contribution in [-0.4, -0.2) is 25.6 Å². The molecule has 1 amide bonds. The third-order valence-corrected chi connectivity index (χ3v) is 7.04. The van der Waals surface area contributed by atoms with Gasteiger partial charge in [-0.05, 0) is 42.8 Å². The predicted octanol–water partition coefficient (Wildman–Crippen LogP) is 5.58. The summed E-state index contributed by atoms with van der Waals surface area (Å²) in [5.41, 5.74) is 3.07. The van der Waals surface area contributed by atoms with Gasteiger partial charge in [-0.1, -0.05) is 48.0 Å². The van der Waals surface area contributed by atoms with Crippen molar-refractivity contribution in [3.63, 3.8) is 0 Å². The van der Waals surface area contributed by atoms with Crippen molar-refractivity contribution < 1.29 is 17.6 Å². The van der Waals surface area contributed by atoms with Gasteiger partial charge in [0, 0.05) is 17.5 Å². The fourth-order valence-corrected chi connectivity index (χ4v) is 5.07. The number of anilines is 1. The lowest BCUT2D eigenvalue weighted by Crippen LogP contribution is -2.11. The minimum Gasteiger partial charge on any atom is -0.320 e. The fraction of sp³-hybridized carbons (Fsp3) is 0.0833. The fourth-order valence-electron chi connectivity index (χ4n) is 3.20. The number of amides is 1. The van der Waals surface area contributed by atoms with E-state index in [0.29, 0.717) is 27.4 Å². The number of aromatic nitrogens is 1. The number of benzene rings is 3. The lowest BCUT2D eigenvalue weighted by Gasteiger charge is -2.08. The third kappa shape index (κ3) is 4.61. The van der Waals surface area contributed by atoms with Crippen LogP contribution >= 0.6 is 11.3 Å². The maximum Gasteiger partial charge on any atom is 0.284 e. The normalized spacial score (nSPS) is 11.3. The van der Waals surface area contributed by atoms with Gasteiger partial charge in [0.1, 0.15) is 5.82 Å². The molecule has 4 rings (SSSR count). The molecule has 0 unspecified atom stereocenters. The van der Waals surface area contributed by atoms with E-state index in [0.717, 1.165) is 23.2 Å². The van der Waals surface area contributed by atoms with Crippen molar-refractivity contribution in [3.8, 4) is 21.7 Å². The first kappa shape index (κ1) is 21.9. The number of hydrogen-bond acceptors (Lipinski definition) is 5. The number of thiazole rings is 1. The summed E-state index contributed by atoms with van der Waals surface area (Å²) >= 11 is 1.12. The maximum absolute atomic E-state index is 13.5. The molecular formula is C24H19FN2O3S2. The quantitative estimate of drug-likeness (QED) is 0.417. The Morgan fingerprint density at radius 3 is 2.28 bits per heavy atom. The van der Waals surface area contributed by atoms with E-state index in [4.69, 9.17) is 0 Å². The minimum absolute atomic E-state index is 0.110. The van der Waals surface area contributed by atoms with Gasteiger partial charge in [-0.3, -0.25) is 4.79 Å². The molecule has 32 heavy (non-hydrogen) atoms. The van der Waals surface area contributed by atoms with Crippen LogP contribution in [0.25, 0.3) is 21.7 Å². The van der Waals surface area contributed by atoms with Gasteiger partial charge < -0.3 is 5.32 Å². The Kier molecular flexibility index (Phi) is 5.90. The summed E-state index contributed by atoms with van der Waals surface area (Å²) in [4.78, 5) is 18.1. The van der Waals surface area contributed by atoms with Crippen LogP contribution in [0.5, 0.6) is 0 Å². The molecule has 162 valence electrons. The lowest BCUT2D eigenvalue weighted by molar-refractivity contribution is 0.102. The molecule has 5 nitrogen and oxygen atoms in total. The first-order chi connectivity index (χ1) is 15.2. The molecule has 0 aliphatic carbocycles. The van der Waals surface area contributed by atoms with Gasteiger partial charge in [0.05, 0.1) is 15.5 Å². The number of halogens is 1. The van der Waals surface area contributed by atoms with Gasteiger partial charge >= 0.3 is 0 Å². The molecule has 1 N–H and O–H groups in total. The van der Waals surface area contributed by atoms with Crippen LogP contribution in [0.15, 0.2) is 77.7 Å². The molecule has 0 bridgehead atoms. The summed E-state index contributed by atoms with van der Waals surface area (Å²) in [5, 5.41) is 2.98. The summed E-state index contributed by atoms with van der Waals surface area (Å²) in [7, 11) is -3.55. The molecule has 0 fully saturated rings. The third-order valence-electron chi connectivity index (χ3n) is 4.78. The number of carbonyl (C=O) groups excluding carboxylic acids is 1. The van der Waals surface area contributed by atoms with Crippen molar-refractivity contribution >= 4 is 32.8 Å². The van der Waals surface area contributed by atoms with Gasteiger partial charge in [0.2, 0.25) is 0 Å². The van der Waals surface area contributed by atoms with E-state index < -0.39 is 21.6 Å². The summed E-state index contributed by atoms with van der Waals surface area (Å²) in [6.07, 6.45) is 1.13. The first-order valence-electron chi connectivity index (χ1n) is 9.66. The topological polar surface area (TPSA) is 76.1 Å². The molecule has 0 spiro atoms. The van der Waals surface area contributed by atoms with Gasteiger partial charge in [-0.2, -0.15) is 0 Å². The number of sulfone groups is 1. The van der Waals surface area contributed by atoms with Gasteiger partial charge in [0.25, 0.3) is 5.91 Å². The highest BCUT2D eigenvalue weighted by Gasteiger charge is 2.23. The van der Waals surface area contributed by atoms with E-state index in [1.54, 1.807) is 42.5 Å². The molecule has 0 saturated carbocycles. The number of carbonyl (C=O) groups is 1. The highest BCUT2D eigenvalue weighted by Crippen LogP contribution is 2.39. The second kappa shape index (κ2) is 8.64. The highest BCUT2D eigenvalue weighted by molar-refractivity contribution is 7.90. The molecule has 1 heterocycles. The van der Waals surface area contributed by atoms with Gasteiger partial charge in [-0.25, -0.2) is 17.8 Å². The van der Waals surface area contributed by atoms with Crippen molar-refractivity contribution in [3.05, 3.63) is 89.2 Å². The van der Waals surface area contributed by atoms with Crippen LogP contribution in [0.2, 0.25) is 0 Å². The standard InChI is InChI=1S/C24H19FN2O3S2/c1-15-7-13-18(14-8-15)26-23(28)24-27-21(19-5-3-4-6-20(19)32(2,29)30)22(31-24)16-9-11-17(25)12-10-16/h3-14H,1-2H3,(H,26,28). The molecule has 0 aliphatic rings. The Labute approximate surface area is 189 Å². The Morgan fingerprint density at radius 1 is 0.969 bits per heavy atom. The van der Waals surface area contributed by atoms with Crippen LogP contribution in [-0.2, 0) is 9.84 Å². The summed E-state index contributed by atoms with van der Waals surface area (Å²) < 4.78 is 38.2. The van der Waals surface area contributed by atoms with Crippen LogP contribution in [0.3, 0.4) is 0 Å². The summed E-state index contributed by atoms with van der Waals surface area (Å²) in [5.74, 6) is -0.806. The Hall–Kier alpha value is -3.36. The van der Waals surface area contributed by atoms with Crippen LogP contribution in [0.4, 0.5) is 10.1 Å². The number of aryl methyl sites for hydroxylation is 1. The zero-order valence-corrected chi connectivity index (χ0v) is 18.9. The average Bonchev–Trinajstić information content (AvgIpc) is 3.21. The predicted molar refractivity (Wildman–Crippen MR) is 125 cm³/mol. The van der Waals surface area contributed by atoms with Crippen molar-refractivity contribution in [2.24, 2.45) is 0 Å². The molecule has 0 radical (unpaired) electrons. The molecule has 8 heteroatoms. The highest BCUT2D eigenvalue weighted by atomic mass is 32.2. The van der Waals surface area contributed by atoms with Crippen molar-refractivity contribution in [1.29, 1.82) is 0 Å². The molecule has 4 aromatic rings. The Bertz CT molecular complexity index is 1390. The van der Waals surface area contributed by atoms with E-state index in [9.17, 15) is 17.6 Å². The number of rotatable bonds is 5. The second-order valence-electron chi connectivity index (χ2n) is 7.29. The summed E-state index contributed by atoms with van der Waals surface area (Å²) in [6, 6.07) is 19.6. The molecule has 3 aromatic carbocycles. The smallest absolute Gasteiger partial charge is 0.284 e. The average molecular weight is 467 g/mol. The van der Waals surface area contributed by atoms with E-state index in [2.05, 4.69) is 10.3 Å². The lowest BCUT2D eigenvalue weighted by atomic mass is 10.1. The Balaban J connectivity index is 1.84. The largest absolute Gasteiger partial charge is 0.320 e. The van der Waals surface area contributed by atoms with E-state index >= 15 is 0 Å². The van der Waals surface area contributed by atoms with E-state index in [1.807, 2.05) is 19.1 Å². The molecule has 0 saturated heterocycles. The number of nitrogens with one attached hydrogen (secondary N) is 1. The van der Waals surface area contributed by atoms with Crippen LogP contribution in [0, 0.1) is 12.7 Å². The zero-order chi connectivity index (χ0) is 22.9. The zero-order valence-electron chi connectivity index (χ0n) is 17.3. The molecule has 0 atom stereocenters. The molecule has 1 aromatic heterocycles. The van der Waals surface area contributed by atoms with E-state index in [1.165, 1.54) is 18.2 Å². The van der Waals surface area contributed by atoms with Crippen molar-refractivity contribution in [2.75, 3.05) is 11.6 Å². The van der Waals surface area contributed by atoms with Crippen LogP contribution in [0.1, 0.15) is 15.4 Å². The van der Waals surface area contributed by atoms with Crippen LogP contribution < -0.4 is 5.32 Å². The van der Waals surface area contributed by atoms with Gasteiger partial charge in [-0.15, -0.1) is 11.3 Å². The monoisotopic (exact) mass is 466 g/mol. The van der Waals surface area contributed by atoms with E-state index in [-0.39, 0.29) is 9.90 Å². The molecule has 0 aliphatic heterocycles. The number of hydrogen-bond donors (Lipinski definition) is 1. The first-order valence-corrected chi connectivity index (χ1v) is 12.4. The minimum atomic E-state index is -3.55. The summed E-state index contributed by atoms with van der Waals surface area (Å²) in [6.45, 7) is 1.95. The van der Waals surface area contributed by atoms with Crippen molar-refractivity contribution in [1.82, 2.24) is 4.98 Å². The SMILES string of the molecule is Cc1ccc(NC(=O)c2nc(-c3ccccc3S(C)(=O)=O)c(-c3ccc(F)cc3)s2)cc1. The number of nitrogens with zero attached hydrogens (tertiary/aromatic N) is 1.